The van der Waals surface area contributed by atoms with E-state index in [9.17, 15) is 9.59 Å². The Labute approximate surface area is 125 Å². The molecule has 6 heteroatoms. The van der Waals surface area contributed by atoms with Crippen LogP contribution in [0.4, 0.5) is 4.79 Å². The van der Waals surface area contributed by atoms with E-state index in [1.165, 1.54) is 0 Å². The van der Waals surface area contributed by atoms with Gasteiger partial charge in [-0.15, -0.1) is 0 Å². The van der Waals surface area contributed by atoms with Gasteiger partial charge in [0.25, 0.3) is 5.91 Å². The van der Waals surface area contributed by atoms with Gasteiger partial charge in [-0.2, -0.15) is 0 Å². The smallest absolute Gasteiger partial charge is 0.317 e. The van der Waals surface area contributed by atoms with E-state index in [1.54, 1.807) is 34.2 Å². The Morgan fingerprint density at radius 1 is 1.14 bits per heavy atom. The lowest BCUT2D eigenvalue weighted by Crippen LogP contribution is -2.44. The molecule has 0 bridgehead atoms. The van der Waals surface area contributed by atoms with E-state index in [-0.39, 0.29) is 18.0 Å². The van der Waals surface area contributed by atoms with Crippen LogP contribution in [0.15, 0.2) is 24.4 Å². The van der Waals surface area contributed by atoms with Crippen LogP contribution in [0.3, 0.4) is 0 Å². The summed E-state index contributed by atoms with van der Waals surface area (Å²) in [5, 5.41) is 2.89. The summed E-state index contributed by atoms with van der Waals surface area (Å²) in [6.45, 7) is 6.29. The highest BCUT2D eigenvalue weighted by Crippen LogP contribution is 2.08. The molecule has 2 heterocycles. The normalized spacial score (nSPS) is 15.8. The molecule has 1 saturated heterocycles. The molecule has 3 amide bonds. The number of amides is 3. The second-order valence-corrected chi connectivity index (χ2v) is 5.45. The third-order valence-corrected chi connectivity index (χ3v) is 3.37. The fraction of sp³-hybridized carbons (Fsp3) is 0.533. The summed E-state index contributed by atoms with van der Waals surface area (Å²) >= 11 is 0. The summed E-state index contributed by atoms with van der Waals surface area (Å²) in [4.78, 5) is 32.0. The van der Waals surface area contributed by atoms with Crippen molar-refractivity contribution in [1.82, 2.24) is 20.1 Å². The van der Waals surface area contributed by atoms with Gasteiger partial charge in [-0.25, -0.2) is 4.79 Å². The minimum atomic E-state index is -0.0679. The van der Waals surface area contributed by atoms with E-state index in [1.807, 2.05) is 13.8 Å². The molecule has 0 radical (unpaired) electrons. The van der Waals surface area contributed by atoms with E-state index in [0.717, 1.165) is 6.42 Å². The van der Waals surface area contributed by atoms with E-state index < -0.39 is 0 Å². The number of rotatable bonds is 2. The molecule has 1 fully saturated rings. The number of aromatic nitrogens is 1. The molecular weight excluding hydrogens is 268 g/mol. The average Bonchev–Trinajstić information content (AvgIpc) is 2.72. The maximum atomic E-state index is 12.4. The number of carbonyl (C=O) groups excluding carboxylic acids is 2. The zero-order chi connectivity index (χ0) is 15.2. The molecule has 114 valence electrons. The van der Waals surface area contributed by atoms with E-state index in [0.29, 0.717) is 31.9 Å². The molecule has 21 heavy (non-hydrogen) atoms. The van der Waals surface area contributed by atoms with Crippen LogP contribution < -0.4 is 5.32 Å². The Kier molecular flexibility index (Phi) is 5.14. The number of hydrogen-bond donors (Lipinski definition) is 1. The molecule has 1 aromatic rings. The van der Waals surface area contributed by atoms with Crippen molar-refractivity contribution in [3.05, 3.63) is 30.1 Å². The van der Waals surface area contributed by atoms with Crippen LogP contribution in [0, 0.1) is 0 Å². The van der Waals surface area contributed by atoms with Crippen LogP contribution in [0.1, 0.15) is 30.8 Å². The molecule has 1 N–H and O–H groups in total. The minimum Gasteiger partial charge on any atom is -0.336 e. The number of nitrogens with zero attached hydrogens (tertiary/aromatic N) is 3. The van der Waals surface area contributed by atoms with Crippen LogP contribution >= 0.6 is 0 Å². The van der Waals surface area contributed by atoms with Crippen molar-refractivity contribution in [2.75, 3.05) is 26.2 Å². The molecular formula is C15H22N4O2. The lowest BCUT2D eigenvalue weighted by Gasteiger charge is -2.23. The monoisotopic (exact) mass is 290 g/mol. The number of hydrogen-bond acceptors (Lipinski definition) is 3. The predicted octanol–water partition coefficient (Wildman–Crippen LogP) is 1.35. The maximum absolute atomic E-state index is 12.4. The first-order chi connectivity index (χ1) is 10.1. The number of urea groups is 1. The van der Waals surface area contributed by atoms with Crippen molar-refractivity contribution < 1.29 is 9.59 Å². The van der Waals surface area contributed by atoms with Gasteiger partial charge >= 0.3 is 6.03 Å². The first-order valence-corrected chi connectivity index (χ1v) is 7.33. The Balaban J connectivity index is 1.95. The molecule has 6 nitrogen and oxygen atoms in total. The van der Waals surface area contributed by atoms with E-state index >= 15 is 0 Å². The van der Waals surface area contributed by atoms with E-state index in [4.69, 9.17) is 0 Å². The van der Waals surface area contributed by atoms with Crippen molar-refractivity contribution in [2.45, 2.75) is 26.3 Å². The first-order valence-electron chi connectivity index (χ1n) is 7.33. The predicted molar refractivity (Wildman–Crippen MR) is 80.0 cm³/mol. The minimum absolute atomic E-state index is 0.0582. The second-order valence-electron chi connectivity index (χ2n) is 5.45. The summed E-state index contributed by atoms with van der Waals surface area (Å²) in [6, 6.07) is 5.37. The van der Waals surface area contributed by atoms with Gasteiger partial charge in [-0.1, -0.05) is 6.07 Å². The third kappa shape index (κ3) is 4.18. The number of nitrogens with one attached hydrogen (secondary N) is 1. The van der Waals surface area contributed by atoms with E-state index in [2.05, 4.69) is 10.3 Å². The highest BCUT2D eigenvalue weighted by Gasteiger charge is 2.23. The second kappa shape index (κ2) is 7.06. The topological polar surface area (TPSA) is 65.5 Å². The van der Waals surface area contributed by atoms with Crippen LogP contribution in [-0.4, -0.2) is 58.9 Å². The van der Waals surface area contributed by atoms with Crippen molar-refractivity contribution in [3.63, 3.8) is 0 Å². The highest BCUT2D eigenvalue weighted by molar-refractivity contribution is 5.92. The highest BCUT2D eigenvalue weighted by atomic mass is 16.2. The molecule has 0 unspecified atom stereocenters. The molecule has 1 aliphatic rings. The Morgan fingerprint density at radius 3 is 2.52 bits per heavy atom. The summed E-state index contributed by atoms with van der Waals surface area (Å²) in [5.74, 6) is -0.0679. The Bertz CT molecular complexity index is 490. The first kappa shape index (κ1) is 15.3. The number of carbonyl (C=O) groups is 2. The van der Waals surface area contributed by atoms with Crippen LogP contribution in [0.5, 0.6) is 0 Å². The van der Waals surface area contributed by atoms with Crippen LogP contribution in [-0.2, 0) is 0 Å². The van der Waals surface area contributed by atoms with Crippen molar-refractivity contribution in [1.29, 1.82) is 0 Å². The standard InChI is InChI=1S/C15H22N4O2/c1-12(2)17-15(21)19-9-5-8-18(10-11-19)14(20)13-6-3-4-7-16-13/h3-4,6-7,12H,5,8-11H2,1-2H3,(H,17,21). The molecule has 0 aliphatic carbocycles. The van der Waals surface area contributed by atoms with Gasteiger partial charge < -0.3 is 15.1 Å². The summed E-state index contributed by atoms with van der Waals surface area (Å²) in [6.07, 6.45) is 2.40. The van der Waals surface area contributed by atoms with Gasteiger partial charge in [0.1, 0.15) is 5.69 Å². The van der Waals surface area contributed by atoms with Crippen molar-refractivity contribution >= 4 is 11.9 Å². The lowest BCUT2D eigenvalue weighted by atomic mass is 10.3. The molecule has 1 aromatic heterocycles. The molecule has 2 rings (SSSR count). The Morgan fingerprint density at radius 2 is 1.86 bits per heavy atom. The average molecular weight is 290 g/mol. The van der Waals surface area contributed by atoms with Crippen molar-refractivity contribution in [3.8, 4) is 0 Å². The third-order valence-electron chi connectivity index (χ3n) is 3.37. The van der Waals surface area contributed by atoms with Gasteiger partial charge in [0.2, 0.25) is 0 Å². The summed E-state index contributed by atoms with van der Waals surface area (Å²) in [7, 11) is 0. The molecule has 0 saturated carbocycles. The van der Waals surface area contributed by atoms with Crippen LogP contribution in [0.2, 0.25) is 0 Å². The summed E-state index contributed by atoms with van der Waals surface area (Å²) < 4.78 is 0. The fourth-order valence-corrected chi connectivity index (χ4v) is 2.31. The zero-order valence-electron chi connectivity index (χ0n) is 12.6. The molecule has 0 atom stereocenters. The van der Waals surface area contributed by atoms with Crippen molar-refractivity contribution in [2.24, 2.45) is 0 Å². The van der Waals surface area contributed by atoms with Gasteiger partial charge in [0.05, 0.1) is 0 Å². The largest absolute Gasteiger partial charge is 0.336 e. The van der Waals surface area contributed by atoms with Gasteiger partial charge in [0, 0.05) is 38.4 Å². The SMILES string of the molecule is CC(C)NC(=O)N1CCCN(C(=O)c2ccccn2)CC1. The molecule has 0 spiro atoms. The van der Waals surface area contributed by atoms with Gasteiger partial charge in [0.15, 0.2) is 0 Å². The molecule has 1 aliphatic heterocycles. The Hall–Kier alpha value is -2.11. The summed E-state index contributed by atoms with van der Waals surface area (Å²) in [5.41, 5.74) is 0.456. The van der Waals surface area contributed by atoms with Gasteiger partial charge in [-0.3, -0.25) is 9.78 Å². The maximum Gasteiger partial charge on any atom is 0.317 e. The van der Waals surface area contributed by atoms with Gasteiger partial charge in [-0.05, 0) is 32.4 Å². The van der Waals surface area contributed by atoms with Crippen LogP contribution in [0.25, 0.3) is 0 Å². The fourth-order valence-electron chi connectivity index (χ4n) is 2.31. The lowest BCUT2D eigenvalue weighted by molar-refractivity contribution is 0.0756. The molecule has 0 aromatic carbocycles. The number of pyridine rings is 1. The quantitative estimate of drug-likeness (QED) is 0.894. The zero-order valence-corrected chi connectivity index (χ0v) is 12.6.